The molecule has 0 amide bonds. The third-order valence-corrected chi connectivity index (χ3v) is 2.87. The molecule has 0 atom stereocenters. The van der Waals surface area contributed by atoms with Crippen molar-refractivity contribution in [3.63, 3.8) is 0 Å². The van der Waals surface area contributed by atoms with E-state index in [9.17, 15) is 4.39 Å². The Kier molecular flexibility index (Phi) is 6.68. The minimum Gasteiger partial charge on any atom is -0.494 e. The standard InChI is InChI=1S/C14H23FN2O/c1-4-9-17(10-8-16-2)11-12-6-5-7-13(18-3)14(12)15/h5-7,16H,4,8-11H2,1-3H3. The maximum atomic E-state index is 14.0. The van der Waals surface area contributed by atoms with Crippen LogP contribution in [0.1, 0.15) is 18.9 Å². The Balaban J connectivity index is 2.73. The zero-order valence-electron chi connectivity index (χ0n) is 11.5. The summed E-state index contributed by atoms with van der Waals surface area (Å²) in [5.74, 6) is 0.0723. The predicted octanol–water partition coefficient (Wildman–Crippen LogP) is 2.27. The smallest absolute Gasteiger partial charge is 0.169 e. The lowest BCUT2D eigenvalue weighted by atomic mass is 10.1. The van der Waals surface area contributed by atoms with Crippen molar-refractivity contribution in [3.05, 3.63) is 29.6 Å². The molecule has 0 aliphatic rings. The molecule has 0 aromatic heterocycles. The zero-order valence-corrected chi connectivity index (χ0v) is 11.5. The molecule has 0 aliphatic carbocycles. The molecule has 3 nitrogen and oxygen atoms in total. The number of halogens is 1. The van der Waals surface area contributed by atoms with Gasteiger partial charge in [0.05, 0.1) is 7.11 Å². The van der Waals surface area contributed by atoms with Gasteiger partial charge < -0.3 is 10.1 Å². The van der Waals surface area contributed by atoms with Crippen LogP contribution in [0.4, 0.5) is 4.39 Å². The fraction of sp³-hybridized carbons (Fsp3) is 0.571. The average Bonchev–Trinajstić information content (AvgIpc) is 2.38. The molecule has 1 aromatic carbocycles. The van der Waals surface area contributed by atoms with Gasteiger partial charge in [-0.2, -0.15) is 0 Å². The minimum atomic E-state index is -0.245. The van der Waals surface area contributed by atoms with Crippen molar-refractivity contribution in [2.24, 2.45) is 0 Å². The Morgan fingerprint density at radius 3 is 2.72 bits per heavy atom. The maximum absolute atomic E-state index is 14.0. The number of nitrogens with zero attached hydrogens (tertiary/aromatic N) is 1. The summed E-state index contributed by atoms with van der Waals surface area (Å²) < 4.78 is 19.0. The number of benzene rings is 1. The van der Waals surface area contributed by atoms with Crippen LogP contribution in [0.2, 0.25) is 0 Å². The van der Waals surface area contributed by atoms with Crippen LogP contribution in [0, 0.1) is 5.82 Å². The molecule has 0 bridgehead atoms. The molecule has 18 heavy (non-hydrogen) atoms. The van der Waals surface area contributed by atoms with E-state index in [0.717, 1.165) is 26.1 Å². The second-order valence-electron chi connectivity index (χ2n) is 4.31. The minimum absolute atomic E-state index is 0.245. The van der Waals surface area contributed by atoms with Gasteiger partial charge in [0.1, 0.15) is 0 Å². The highest BCUT2D eigenvalue weighted by Crippen LogP contribution is 2.21. The lowest BCUT2D eigenvalue weighted by molar-refractivity contribution is 0.262. The van der Waals surface area contributed by atoms with Crippen LogP contribution >= 0.6 is 0 Å². The third kappa shape index (κ3) is 4.27. The molecule has 0 saturated heterocycles. The predicted molar refractivity (Wildman–Crippen MR) is 72.4 cm³/mol. The summed E-state index contributed by atoms with van der Waals surface area (Å²) in [6.07, 6.45) is 1.06. The van der Waals surface area contributed by atoms with E-state index < -0.39 is 0 Å². The summed E-state index contributed by atoms with van der Waals surface area (Å²) in [5.41, 5.74) is 0.693. The molecular formula is C14H23FN2O. The van der Waals surface area contributed by atoms with E-state index in [0.29, 0.717) is 17.9 Å². The van der Waals surface area contributed by atoms with Crippen molar-refractivity contribution < 1.29 is 9.13 Å². The number of likely N-dealkylation sites (N-methyl/N-ethyl adjacent to an activating group) is 1. The number of rotatable bonds is 8. The van der Waals surface area contributed by atoms with E-state index in [2.05, 4.69) is 17.1 Å². The number of methoxy groups -OCH3 is 1. The molecule has 0 saturated carbocycles. The first-order valence-corrected chi connectivity index (χ1v) is 6.41. The van der Waals surface area contributed by atoms with Crippen LogP contribution in [0.25, 0.3) is 0 Å². The summed E-state index contributed by atoms with van der Waals surface area (Å²) in [7, 11) is 3.42. The molecule has 0 unspecified atom stereocenters. The van der Waals surface area contributed by atoms with Gasteiger partial charge in [-0.25, -0.2) is 4.39 Å². The monoisotopic (exact) mass is 254 g/mol. The molecule has 0 heterocycles. The highest BCUT2D eigenvalue weighted by atomic mass is 19.1. The van der Waals surface area contributed by atoms with E-state index in [4.69, 9.17) is 4.74 Å². The van der Waals surface area contributed by atoms with Gasteiger partial charge in [-0.05, 0) is 26.1 Å². The maximum Gasteiger partial charge on any atom is 0.169 e. The van der Waals surface area contributed by atoms with Crippen molar-refractivity contribution in [2.45, 2.75) is 19.9 Å². The molecule has 4 heteroatoms. The van der Waals surface area contributed by atoms with E-state index in [1.54, 1.807) is 6.07 Å². The van der Waals surface area contributed by atoms with E-state index >= 15 is 0 Å². The number of hydrogen-bond acceptors (Lipinski definition) is 3. The van der Waals surface area contributed by atoms with E-state index in [1.165, 1.54) is 7.11 Å². The van der Waals surface area contributed by atoms with Crippen LogP contribution < -0.4 is 10.1 Å². The first-order valence-electron chi connectivity index (χ1n) is 6.41. The van der Waals surface area contributed by atoms with Gasteiger partial charge in [-0.15, -0.1) is 0 Å². The molecule has 0 radical (unpaired) electrons. The summed E-state index contributed by atoms with van der Waals surface area (Å²) in [6.45, 7) is 5.55. The molecule has 0 spiro atoms. The van der Waals surface area contributed by atoms with Crippen molar-refractivity contribution in [3.8, 4) is 5.75 Å². The van der Waals surface area contributed by atoms with E-state index in [-0.39, 0.29) is 5.82 Å². The molecule has 1 N–H and O–H groups in total. The van der Waals surface area contributed by atoms with Gasteiger partial charge in [-0.3, -0.25) is 4.90 Å². The lowest BCUT2D eigenvalue weighted by Gasteiger charge is -2.22. The SMILES string of the molecule is CCCN(CCNC)Cc1cccc(OC)c1F. The van der Waals surface area contributed by atoms with Gasteiger partial charge in [0.25, 0.3) is 0 Å². The van der Waals surface area contributed by atoms with Gasteiger partial charge in [-0.1, -0.05) is 19.1 Å². The van der Waals surface area contributed by atoms with Crippen LogP contribution in [-0.2, 0) is 6.54 Å². The second-order valence-corrected chi connectivity index (χ2v) is 4.31. The van der Waals surface area contributed by atoms with Crippen molar-refractivity contribution in [2.75, 3.05) is 33.8 Å². The molecule has 1 aromatic rings. The van der Waals surface area contributed by atoms with Crippen LogP contribution in [0.3, 0.4) is 0 Å². The summed E-state index contributed by atoms with van der Waals surface area (Å²) >= 11 is 0. The molecule has 102 valence electrons. The summed E-state index contributed by atoms with van der Waals surface area (Å²) in [5, 5.41) is 3.12. The number of nitrogens with one attached hydrogen (secondary N) is 1. The first kappa shape index (κ1) is 14.9. The fourth-order valence-corrected chi connectivity index (χ4v) is 1.93. The quantitative estimate of drug-likeness (QED) is 0.770. The fourth-order valence-electron chi connectivity index (χ4n) is 1.93. The summed E-state index contributed by atoms with van der Waals surface area (Å²) in [6, 6.07) is 5.30. The topological polar surface area (TPSA) is 24.5 Å². The van der Waals surface area contributed by atoms with Crippen LogP contribution in [0.15, 0.2) is 18.2 Å². The summed E-state index contributed by atoms with van der Waals surface area (Å²) in [4.78, 5) is 2.24. The van der Waals surface area contributed by atoms with Crippen molar-refractivity contribution >= 4 is 0 Å². The number of ether oxygens (including phenoxy) is 1. The van der Waals surface area contributed by atoms with E-state index in [1.807, 2.05) is 19.2 Å². The highest BCUT2D eigenvalue weighted by Gasteiger charge is 2.11. The van der Waals surface area contributed by atoms with Gasteiger partial charge >= 0.3 is 0 Å². The Morgan fingerprint density at radius 1 is 1.33 bits per heavy atom. The average molecular weight is 254 g/mol. The molecule has 1 rings (SSSR count). The van der Waals surface area contributed by atoms with Crippen LogP contribution in [0.5, 0.6) is 5.75 Å². The van der Waals surface area contributed by atoms with Gasteiger partial charge in [0.15, 0.2) is 11.6 Å². The van der Waals surface area contributed by atoms with Crippen molar-refractivity contribution in [1.82, 2.24) is 10.2 Å². The first-order chi connectivity index (χ1) is 8.72. The molecule has 0 fully saturated rings. The molecule has 0 aliphatic heterocycles. The van der Waals surface area contributed by atoms with Crippen molar-refractivity contribution in [1.29, 1.82) is 0 Å². The Hall–Kier alpha value is -1.13. The zero-order chi connectivity index (χ0) is 13.4. The lowest BCUT2D eigenvalue weighted by Crippen LogP contribution is -2.31. The van der Waals surface area contributed by atoms with Gasteiger partial charge in [0.2, 0.25) is 0 Å². The Bertz CT molecular complexity index is 358. The Labute approximate surface area is 109 Å². The largest absolute Gasteiger partial charge is 0.494 e. The second kappa shape index (κ2) is 8.06. The van der Waals surface area contributed by atoms with Crippen LogP contribution in [-0.4, -0.2) is 38.7 Å². The normalized spacial score (nSPS) is 10.9. The number of hydrogen-bond donors (Lipinski definition) is 1. The molecular weight excluding hydrogens is 231 g/mol. The third-order valence-electron chi connectivity index (χ3n) is 2.87. The highest BCUT2D eigenvalue weighted by molar-refractivity contribution is 5.30. The van der Waals surface area contributed by atoms with Gasteiger partial charge in [0, 0.05) is 25.2 Å². The Morgan fingerprint density at radius 2 is 2.11 bits per heavy atom.